The molecule has 2 aliphatic rings. The number of piperidine rings is 1. The van der Waals surface area contributed by atoms with Crippen LogP contribution in [-0.4, -0.2) is 49.1 Å². The fourth-order valence-electron chi connectivity index (χ4n) is 3.35. The molecule has 0 spiro atoms. The number of nitrogens with one attached hydrogen (secondary N) is 3. The van der Waals surface area contributed by atoms with Gasteiger partial charge in [-0.05, 0) is 56.7 Å². The van der Waals surface area contributed by atoms with Gasteiger partial charge < -0.3 is 20.9 Å². The molecule has 0 aliphatic carbocycles. The third-order valence-electron chi connectivity index (χ3n) is 4.73. The zero-order valence-electron chi connectivity index (χ0n) is 15.2. The zero-order chi connectivity index (χ0) is 17.6. The highest BCUT2D eigenvalue weighted by molar-refractivity contribution is 5.94. The normalized spacial score (nSPS) is 18.0. The van der Waals surface area contributed by atoms with E-state index in [1.54, 1.807) is 0 Å². The molecule has 1 aromatic rings. The Balaban J connectivity index is 1.45. The summed E-state index contributed by atoms with van der Waals surface area (Å²) in [6.07, 6.45) is 3.23. The molecule has 136 valence electrons. The highest BCUT2D eigenvalue weighted by atomic mass is 16.2. The maximum Gasteiger partial charge on any atom is 0.317 e. The van der Waals surface area contributed by atoms with E-state index in [4.69, 9.17) is 0 Å². The van der Waals surface area contributed by atoms with Crippen molar-refractivity contribution in [2.24, 2.45) is 10.9 Å². The third-order valence-corrected chi connectivity index (χ3v) is 4.73. The molecule has 3 rings (SSSR count). The number of carbonyl (C=O) groups excluding carboxylic acids is 1. The van der Waals surface area contributed by atoms with Crippen molar-refractivity contribution in [1.82, 2.24) is 15.5 Å². The Morgan fingerprint density at radius 3 is 2.60 bits per heavy atom. The van der Waals surface area contributed by atoms with Gasteiger partial charge in [-0.15, -0.1) is 0 Å². The second-order valence-corrected chi connectivity index (χ2v) is 7.22. The molecular formula is C19H29N5O. The minimum atomic E-state index is 0.0762. The molecule has 6 nitrogen and oxygen atoms in total. The van der Waals surface area contributed by atoms with Crippen LogP contribution in [0.3, 0.4) is 0 Å². The summed E-state index contributed by atoms with van der Waals surface area (Å²) in [5.41, 5.74) is 2.43. The SMILES string of the molecule is CC(C)NC(=O)N1CCC(Cc2ccc(NC3=NCCN3)cc2)CC1. The summed E-state index contributed by atoms with van der Waals surface area (Å²) in [7, 11) is 0. The highest BCUT2D eigenvalue weighted by Gasteiger charge is 2.23. The van der Waals surface area contributed by atoms with Gasteiger partial charge in [0, 0.05) is 31.4 Å². The Labute approximate surface area is 150 Å². The van der Waals surface area contributed by atoms with E-state index in [1.807, 2.05) is 18.7 Å². The van der Waals surface area contributed by atoms with Gasteiger partial charge in [-0.2, -0.15) is 0 Å². The van der Waals surface area contributed by atoms with Crippen molar-refractivity contribution in [3.05, 3.63) is 29.8 Å². The van der Waals surface area contributed by atoms with E-state index in [1.165, 1.54) is 5.56 Å². The van der Waals surface area contributed by atoms with E-state index in [9.17, 15) is 4.79 Å². The molecule has 2 amide bonds. The van der Waals surface area contributed by atoms with Crippen LogP contribution in [0.25, 0.3) is 0 Å². The Morgan fingerprint density at radius 2 is 2.00 bits per heavy atom. The third kappa shape index (κ3) is 5.11. The van der Waals surface area contributed by atoms with Gasteiger partial charge in [0.2, 0.25) is 0 Å². The number of nitrogens with zero attached hydrogens (tertiary/aromatic N) is 2. The van der Waals surface area contributed by atoms with Crippen molar-refractivity contribution in [1.29, 1.82) is 0 Å². The molecule has 2 aliphatic heterocycles. The first-order valence-corrected chi connectivity index (χ1v) is 9.30. The number of guanidine groups is 1. The largest absolute Gasteiger partial charge is 0.354 e. The average Bonchev–Trinajstić information content (AvgIpc) is 3.10. The van der Waals surface area contributed by atoms with Gasteiger partial charge in [-0.1, -0.05) is 12.1 Å². The lowest BCUT2D eigenvalue weighted by Gasteiger charge is -2.32. The van der Waals surface area contributed by atoms with Crippen molar-refractivity contribution in [3.8, 4) is 0 Å². The minimum absolute atomic E-state index is 0.0762. The van der Waals surface area contributed by atoms with Gasteiger partial charge in [-0.25, -0.2) is 4.79 Å². The van der Waals surface area contributed by atoms with Crippen LogP contribution in [0.15, 0.2) is 29.3 Å². The second-order valence-electron chi connectivity index (χ2n) is 7.22. The number of aliphatic imine (C=N–C) groups is 1. The molecule has 0 radical (unpaired) electrons. The maximum absolute atomic E-state index is 12.0. The molecule has 0 aromatic heterocycles. The molecule has 2 heterocycles. The van der Waals surface area contributed by atoms with Gasteiger partial charge in [0.05, 0.1) is 6.54 Å². The monoisotopic (exact) mass is 343 g/mol. The smallest absolute Gasteiger partial charge is 0.317 e. The van der Waals surface area contributed by atoms with Gasteiger partial charge in [-0.3, -0.25) is 4.99 Å². The number of likely N-dealkylation sites (tertiary alicyclic amines) is 1. The first-order valence-electron chi connectivity index (χ1n) is 9.30. The number of amides is 2. The summed E-state index contributed by atoms with van der Waals surface area (Å²) in [4.78, 5) is 18.3. The first kappa shape index (κ1) is 17.6. The van der Waals surface area contributed by atoms with Crippen LogP contribution >= 0.6 is 0 Å². The maximum atomic E-state index is 12.0. The van der Waals surface area contributed by atoms with Gasteiger partial charge in [0.1, 0.15) is 0 Å². The number of rotatable bonds is 4. The molecule has 6 heteroatoms. The predicted molar refractivity (Wildman–Crippen MR) is 102 cm³/mol. The lowest BCUT2D eigenvalue weighted by Crippen LogP contribution is -2.46. The van der Waals surface area contributed by atoms with Crippen LogP contribution in [0.2, 0.25) is 0 Å². The summed E-state index contributed by atoms with van der Waals surface area (Å²) < 4.78 is 0. The molecule has 0 unspecified atom stereocenters. The molecule has 3 N–H and O–H groups in total. The summed E-state index contributed by atoms with van der Waals surface area (Å²) in [6.45, 7) is 7.46. The van der Waals surface area contributed by atoms with Crippen LogP contribution in [0.4, 0.5) is 10.5 Å². The van der Waals surface area contributed by atoms with Crippen molar-refractivity contribution >= 4 is 17.7 Å². The van der Waals surface area contributed by atoms with E-state index >= 15 is 0 Å². The Morgan fingerprint density at radius 1 is 1.28 bits per heavy atom. The summed E-state index contributed by atoms with van der Waals surface area (Å²) in [5, 5.41) is 9.48. The number of anilines is 1. The van der Waals surface area contributed by atoms with Crippen molar-refractivity contribution in [2.45, 2.75) is 39.2 Å². The van der Waals surface area contributed by atoms with E-state index in [0.29, 0.717) is 5.92 Å². The van der Waals surface area contributed by atoms with Gasteiger partial charge >= 0.3 is 6.03 Å². The lowest BCUT2D eigenvalue weighted by molar-refractivity contribution is 0.168. The molecule has 25 heavy (non-hydrogen) atoms. The average molecular weight is 343 g/mol. The number of hydrogen-bond donors (Lipinski definition) is 3. The fourth-order valence-corrected chi connectivity index (χ4v) is 3.35. The molecule has 0 bridgehead atoms. The summed E-state index contributed by atoms with van der Waals surface area (Å²) >= 11 is 0. The minimum Gasteiger partial charge on any atom is -0.354 e. The topological polar surface area (TPSA) is 68.8 Å². The number of carbonyl (C=O) groups is 1. The van der Waals surface area contributed by atoms with Crippen LogP contribution in [0.5, 0.6) is 0 Å². The molecule has 0 atom stereocenters. The summed E-state index contributed by atoms with van der Waals surface area (Å²) in [5.74, 6) is 1.52. The van der Waals surface area contributed by atoms with E-state index < -0.39 is 0 Å². The lowest BCUT2D eigenvalue weighted by atomic mass is 9.90. The number of hydrogen-bond acceptors (Lipinski definition) is 4. The zero-order valence-corrected chi connectivity index (χ0v) is 15.2. The Kier molecular flexibility index (Phi) is 5.79. The van der Waals surface area contributed by atoms with E-state index in [0.717, 1.165) is 57.1 Å². The second kappa shape index (κ2) is 8.23. The van der Waals surface area contributed by atoms with Gasteiger partial charge in [0.25, 0.3) is 0 Å². The van der Waals surface area contributed by atoms with Gasteiger partial charge in [0.15, 0.2) is 5.96 Å². The summed E-state index contributed by atoms with van der Waals surface area (Å²) in [6, 6.07) is 8.88. The van der Waals surface area contributed by atoms with E-state index in [-0.39, 0.29) is 12.1 Å². The van der Waals surface area contributed by atoms with Crippen LogP contribution in [0, 0.1) is 5.92 Å². The molecule has 1 fully saturated rings. The molecule has 1 aromatic carbocycles. The first-order chi connectivity index (χ1) is 12.1. The Bertz CT molecular complexity index is 603. The van der Waals surface area contributed by atoms with Crippen molar-refractivity contribution < 1.29 is 4.79 Å². The van der Waals surface area contributed by atoms with Crippen LogP contribution in [-0.2, 0) is 6.42 Å². The van der Waals surface area contributed by atoms with Crippen LogP contribution < -0.4 is 16.0 Å². The van der Waals surface area contributed by atoms with Crippen LogP contribution in [0.1, 0.15) is 32.3 Å². The number of urea groups is 1. The molecule has 1 saturated heterocycles. The predicted octanol–water partition coefficient (Wildman–Crippen LogP) is 2.43. The molecular weight excluding hydrogens is 314 g/mol. The standard InChI is InChI=1S/C19H29N5O/c1-14(2)22-19(25)24-11-7-16(8-12-24)13-15-3-5-17(6-4-15)23-18-20-9-10-21-18/h3-6,14,16H,7-13H2,1-2H3,(H,22,25)(H2,20,21,23). The van der Waals surface area contributed by atoms with Crippen molar-refractivity contribution in [3.63, 3.8) is 0 Å². The highest BCUT2D eigenvalue weighted by Crippen LogP contribution is 2.22. The quantitative estimate of drug-likeness (QED) is 0.786. The fraction of sp³-hybridized carbons (Fsp3) is 0.579. The van der Waals surface area contributed by atoms with E-state index in [2.05, 4.69) is 45.2 Å². The molecule has 0 saturated carbocycles. The Hall–Kier alpha value is -2.24. The number of benzene rings is 1. The van der Waals surface area contributed by atoms with Crippen molar-refractivity contribution in [2.75, 3.05) is 31.5 Å².